The maximum Gasteiger partial charge on any atom is 0.191 e. The molecule has 32 heavy (non-hydrogen) atoms. The number of rotatable bonds is 9. The Bertz CT molecular complexity index is 1250. The van der Waals surface area contributed by atoms with Gasteiger partial charge in [-0.05, 0) is 32.0 Å². The SMILES string of the molecule is CCn1c(SCC(=O)c2cn(C)c3ccccc23)nnc1C(C)Oc1cccc(OC)c1. The zero-order valence-corrected chi connectivity index (χ0v) is 19.4. The molecule has 1 unspecified atom stereocenters. The minimum atomic E-state index is -0.308. The summed E-state index contributed by atoms with van der Waals surface area (Å²) >= 11 is 1.40. The van der Waals surface area contributed by atoms with Gasteiger partial charge in [0.25, 0.3) is 0 Å². The van der Waals surface area contributed by atoms with Crippen LogP contribution in [0.1, 0.15) is 36.1 Å². The minimum Gasteiger partial charge on any atom is -0.497 e. The summed E-state index contributed by atoms with van der Waals surface area (Å²) in [6.45, 7) is 4.64. The van der Waals surface area contributed by atoms with Crippen molar-refractivity contribution in [1.82, 2.24) is 19.3 Å². The number of carbonyl (C=O) groups is 1. The lowest BCUT2D eigenvalue weighted by atomic mass is 10.1. The molecule has 7 nitrogen and oxygen atoms in total. The topological polar surface area (TPSA) is 71.2 Å². The maximum atomic E-state index is 13.0. The number of para-hydroxylation sites is 1. The molecule has 166 valence electrons. The van der Waals surface area contributed by atoms with Crippen molar-refractivity contribution in [3.8, 4) is 11.5 Å². The average molecular weight is 451 g/mol. The minimum absolute atomic E-state index is 0.0692. The molecule has 4 rings (SSSR count). The van der Waals surface area contributed by atoms with Gasteiger partial charge in [-0.15, -0.1) is 10.2 Å². The molecule has 0 N–H and O–H groups in total. The van der Waals surface area contributed by atoms with Crippen molar-refractivity contribution in [2.45, 2.75) is 31.7 Å². The number of ether oxygens (including phenoxy) is 2. The van der Waals surface area contributed by atoms with Gasteiger partial charge in [-0.3, -0.25) is 4.79 Å². The molecule has 2 aromatic carbocycles. The van der Waals surface area contributed by atoms with Gasteiger partial charge in [0.2, 0.25) is 0 Å². The van der Waals surface area contributed by atoms with Gasteiger partial charge in [-0.1, -0.05) is 36.0 Å². The van der Waals surface area contributed by atoms with E-state index in [-0.39, 0.29) is 17.6 Å². The van der Waals surface area contributed by atoms with Crippen LogP contribution in [0.4, 0.5) is 0 Å². The molecule has 4 aromatic rings. The van der Waals surface area contributed by atoms with Crippen molar-refractivity contribution in [2.24, 2.45) is 7.05 Å². The quantitative estimate of drug-likeness (QED) is 0.266. The number of hydrogen-bond donors (Lipinski definition) is 0. The first-order chi connectivity index (χ1) is 15.5. The van der Waals surface area contributed by atoms with Crippen LogP contribution in [0, 0.1) is 0 Å². The molecule has 2 aromatic heterocycles. The number of methoxy groups -OCH3 is 1. The Balaban J connectivity index is 1.48. The first-order valence-corrected chi connectivity index (χ1v) is 11.4. The van der Waals surface area contributed by atoms with E-state index in [1.807, 2.05) is 84.8 Å². The van der Waals surface area contributed by atoms with E-state index in [0.29, 0.717) is 17.5 Å². The summed E-state index contributed by atoms with van der Waals surface area (Å²) in [6, 6.07) is 15.4. The Morgan fingerprint density at radius 2 is 1.91 bits per heavy atom. The van der Waals surface area contributed by atoms with Crippen LogP contribution in [0.15, 0.2) is 59.9 Å². The molecule has 0 radical (unpaired) electrons. The van der Waals surface area contributed by atoms with Crippen LogP contribution in [0.5, 0.6) is 11.5 Å². The molecule has 0 bridgehead atoms. The molecule has 0 amide bonds. The second kappa shape index (κ2) is 9.48. The van der Waals surface area contributed by atoms with Gasteiger partial charge in [0.1, 0.15) is 11.5 Å². The first kappa shape index (κ1) is 22.0. The fraction of sp³-hybridized carbons (Fsp3) is 0.292. The lowest BCUT2D eigenvalue weighted by Crippen LogP contribution is -2.12. The maximum absolute atomic E-state index is 13.0. The molecule has 0 spiro atoms. The molecular weight excluding hydrogens is 424 g/mol. The van der Waals surface area contributed by atoms with Gasteiger partial charge >= 0.3 is 0 Å². The number of Topliss-reactive ketones (excluding diaryl/α,β-unsaturated/α-hetero) is 1. The molecule has 1 atom stereocenters. The van der Waals surface area contributed by atoms with Crippen molar-refractivity contribution < 1.29 is 14.3 Å². The molecule has 0 saturated carbocycles. The summed E-state index contributed by atoms with van der Waals surface area (Å²) in [5.41, 5.74) is 1.77. The number of benzene rings is 2. The van der Waals surface area contributed by atoms with Gasteiger partial charge in [-0.25, -0.2) is 0 Å². The van der Waals surface area contributed by atoms with Crippen molar-refractivity contribution in [2.75, 3.05) is 12.9 Å². The lowest BCUT2D eigenvalue weighted by molar-refractivity contribution is 0.102. The molecule has 0 fully saturated rings. The fourth-order valence-corrected chi connectivity index (χ4v) is 4.60. The van der Waals surface area contributed by atoms with Crippen molar-refractivity contribution in [1.29, 1.82) is 0 Å². The highest BCUT2D eigenvalue weighted by Gasteiger charge is 2.21. The van der Waals surface area contributed by atoms with E-state index in [1.165, 1.54) is 11.8 Å². The first-order valence-electron chi connectivity index (χ1n) is 10.5. The molecule has 0 aliphatic rings. The molecule has 0 aliphatic heterocycles. The molecule has 8 heteroatoms. The highest BCUT2D eigenvalue weighted by molar-refractivity contribution is 7.99. The zero-order chi connectivity index (χ0) is 22.7. The van der Waals surface area contributed by atoms with E-state index in [1.54, 1.807) is 7.11 Å². The Morgan fingerprint density at radius 1 is 1.12 bits per heavy atom. The molecule has 2 heterocycles. The highest BCUT2D eigenvalue weighted by atomic mass is 32.2. The van der Waals surface area contributed by atoms with E-state index >= 15 is 0 Å². The predicted molar refractivity (Wildman–Crippen MR) is 126 cm³/mol. The molecule has 0 aliphatic carbocycles. The van der Waals surface area contributed by atoms with Crippen LogP contribution in [0.2, 0.25) is 0 Å². The van der Waals surface area contributed by atoms with Crippen LogP contribution in [-0.4, -0.2) is 38.0 Å². The summed E-state index contributed by atoms with van der Waals surface area (Å²) in [5, 5.41) is 10.4. The monoisotopic (exact) mass is 450 g/mol. The van der Waals surface area contributed by atoms with Crippen LogP contribution in [-0.2, 0) is 13.6 Å². The average Bonchev–Trinajstić information content (AvgIpc) is 3.38. The zero-order valence-electron chi connectivity index (χ0n) is 18.6. The van der Waals surface area contributed by atoms with Crippen LogP contribution < -0.4 is 9.47 Å². The smallest absolute Gasteiger partial charge is 0.191 e. The summed E-state index contributed by atoms with van der Waals surface area (Å²) in [7, 11) is 3.58. The number of ketones is 1. The van der Waals surface area contributed by atoms with Gasteiger partial charge < -0.3 is 18.6 Å². The largest absolute Gasteiger partial charge is 0.497 e. The van der Waals surface area contributed by atoms with E-state index in [0.717, 1.165) is 28.0 Å². The summed E-state index contributed by atoms with van der Waals surface area (Å²) < 4.78 is 15.3. The van der Waals surface area contributed by atoms with Crippen molar-refractivity contribution in [3.63, 3.8) is 0 Å². The third-order valence-corrected chi connectivity index (χ3v) is 6.28. The second-order valence-electron chi connectivity index (χ2n) is 7.41. The Kier molecular flexibility index (Phi) is 6.50. The third kappa shape index (κ3) is 4.36. The predicted octanol–water partition coefficient (Wildman–Crippen LogP) is 4.91. The Hall–Kier alpha value is -3.26. The second-order valence-corrected chi connectivity index (χ2v) is 8.35. The number of aryl methyl sites for hydroxylation is 1. The van der Waals surface area contributed by atoms with Crippen LogP contribution in [0.3, 0.4) is 0 Å². The number of carbonyl (C=O) groups excluding carboxylic acids is 1. The van der Waals surface area contributed by atoms with E-state index < -0.39 is 0 Å². The fourth-order valence-electron chi connectivity index (χ4n) is 3.71. The van der Waals surface area contributed by atoms with E-state index in [4.69, 9.17) is 9.47 Å². The molecule has 0 saturated heterocycles. The number of aromatic nitrogens is 4. The number of nitrogens with zero attached hydrogens (tertiary/aromatic N) is 4. The number of fused-ring (bicyclic) bond motifs is 1. The summed E-state index contributed by atoms with van der Waals surface area (Å²) in [6.07, 6.45) is 1.59. The number of thioether (sulfide) groups is 1. The lowest BCUT2D eigenvalue weighted by Gasteiger charge is -2.16. The normalized spacial score (nSPS) is 12.1. The van der Waals surface area contributed by atoms with Crippen molar-refractivity contribution in [3.05, 3.63) is 66.1 Å². The van der Waals surface area contributed by atoms with E-state index in [2.05, 4.69) is 10.2 Å². The summed E-state index contributed by atoms with van der Waals surface area (Å²) in [5.74, 6) is 2.50. The van der Waals surface area contributed by atoms with Crippen LogP contribution in [0.25, 0.3) is 10.9 Å². The third-order valence-electron chi connectivity index (χ3n) is 5.31. The van der Waals surface area contributed by atoms with Gasteiger partial charge in [0, 0.05) is 42.3 Å². The van der Waals surface area contributed by atoms with Gasteiger partial charge in [0.05, 0.1) is 12.9 Å². The highest BCUT2D eigenvalue weighted by Crippen LogP contribution is 2.28. The van der Waals surface area contributed by atoms with E-state index in [9.17, 15) is 4.79 Å². The standard InChI is InChI=1S/C24H26N4O3S/c1-5-28-23(16(2)31-18-10-8-9-17(13-18)30-4)25-26-24(28)32-15-22(29)20-14-27(3)21-12-7-6-11-19(20)21/h6-14,16H,5,15H2,1-4H3. The summed E-state index contributed by atoms with van der Waals surface area (Å²) in [4.78, 5) is 13.0. The Labute approximate surface area is 191 Å². The van der Waals surface area contributed by atoms with Gasteiger partial charge in [-0.2, -0.15) is 0 Å². The molecular formula is C24H26N4O3S. The van der Waals surface area contributed by atoms with Gasteiger partial charge in [0.15, 0.2) is 22.9 Å². The number of hydrogen-bond acceptors (Lipinski definition) is 6. The van der Waals surface area contributed by atoms with Crippen LogP contribution >= 0.6 is 11.8 Å². The van der Waals surface area contributed by atoms with Crippen molar-refractivity contribution >= 4 is 28.4 Å². The Morgan fingerprint density at radius 3 is 2.69 bits per heavy atom.